The summed E-state index contributed by atoms with van der Waals surface area (Å²) >= 11 is 0. The van der Waals surface area contributed by atoms with Crippen LogP contribution in [-0.4, -0.2) is 31.4 Å². The summed E-state index contributed by atoms with van der Waals surface area (Å²) in [5, 5.41) is 0. The van der Waals surface area contributed by atoms with Gasteiger partial charge in [0.25, 0.3) is 0 Å². The van der Waals surface area contributed by atoms with Crippen LogP contribution in [0.2, 0.25) is 0 Å². The molecule has 0 bridgehead atoms. The molecule has 5 nitrogen and oxygen atoms in total. The predicted octanol–water partition coefficient (Wildman–Crippen LogP) is 2.87. The van der Waals surface area contributed by atoms with Crippen LogP contribution in [0.25, 0.3) is 0 Å². The minimum atomic E-state index is -0.629. The molecule has 1 heterocycles. The summed E-state index contributed by atoms with van der Waals surface area (Å²) in [6, 6.07) is 9.43. The van der Waals surface area contributed by atoms with Gasteiger partial charge in [-0.05, 0) is 26.3 Å². The van der Waals surface area contributed by atoms with Gasteiger partial charge in [-0.2, -0.15) is 0 Å². The molecule has 1 unspecified atom stereocenters. The van der Waals surface area contributed by atoms with Crippen LogP contribution < -0.4 is 0 Å². The summed E-state index contributed by atoms with van der Waals surface area (Å²) < 4.78 is 10.1. The molecule has 122 valence electrons. The topological polar surface area (TPSA) is 65.0 Å². The number of allylic oxidation sites excluding steroid dienone is 1. The number of hydrogen-bond donors (Lipinski definition) is 0. The second-order valence-electron chi connectivity index (χ2n) is 5.36. The fraction of sp³-hybridized carbons (Fsp3) is 0.389. The molecule has 0 amide bonds. The molecule has 0 spiro atoms. The first kappa shape index (κ1) is 16.9. The molecule has 0 aliphatic carbocycles. The number of carbonyl (C=O) groups is 2. The fourth-order valence-corrected chi connectivity index (χ4v) is 2.97. The second kappa shape index (κ2) is 7.22. The van der Waals surface area contributed by atoms with Crippen LogP contribution in [0.5, 0.6) is 0 Å². The number of esters is 2. The van der Waals surface area contributed by atoms with Gasteiger partial charge in [-0.1, -0.05) is 30.3 Å². The van der Waals surface area contributed by atoms with Gasteiger partial charge >= 0.3 is 11.9 Å². The zero-order chi connectivity index (χ0) is 17.0. The Balaban J connectivity index is 2.60. The van der Waals surface area contributed by atoms with Gasteiger partial charge in [0.2, 0.25) is 0 Å². The highest BCUT2D eigenvalue weighted by atomic mass is 16.5. The predicted molar refractivity (Wildman–Crippen MR) is 87.1 cm³/mol. The quantitative estimate of drug-likeness (QED) is 0.801. The molecule has 2 rings (SSSR count). The van der Waals surface area contributed by atoms with Crippen molar-refractivity contribution in [1.82, 2.24) is 0 Å². The van der Waals surface area contributed by atoms with E-state index < -0.39 is 17.8 Å². The first-order valence-electron chi connectivity index (χ1n) is 7.57. The molecule has 23 heavy (non-hydrogen) atoms. The smallest absolute Gasteiger partial charge is 0.336 e. The molecule has 2 atom stereocenters. The van der Waals surface area contributed by atoms with E-state index in [4.69, 9.17) is 9.47 Å². The van der Waals surface area contributed by atoms with E-state index in [1.165, 1.54) is 7.11 Å². The van der Waals surface area contributed by atoms with Crippen molar-refractivity contribution in [3.05, 3.63) is 47.2 Å². The van der Waals surface area contributed by atoms with E-state index in [9.17, 15) is 9.59 Å². The summed E-state index contributed by atoms with van der Waals surface area (Å²) in [7, 11) is 1.33. The Morgan fingerprint density at radius 2 is 1.83 bits per heavy atom. The van der Waals surface area contributed by atoms with Gasteiger partial charge in [0.1, 0.15) is 5.92 Å². The van der Waals surface area contributed by atoms with Crippen molar-refractivity contribution in [2.24, 2.45) is 10.9 Å². The SMILES string of the molecule is CCOC(=O)C1C(C)=NC(C)=C(C(=O)OC)[C@H]1c1ccccc1. The summed E-state index contributed by atoms with van der Waals surface area (Å²) in [5.41, 5.74) is 2.48. The van der Waals surface area contributed by atoms with Crippen molar-refractivity contribution in [3.63, 3.8) is 0 Å². The largest absolute Gasteiger partial charge is 0.466 e. The van der Waals surface area contributed by atoms with Gasteiger partial charge in [0, 0.05) is 17.3 Å². The van der Waals surface area contributed by atoms with Crippen LogP contribution in [0.4, 0.5) is 0 Å². The highest BCUT2D eigenvalue weighted by Crippen LogP contribution is 2.39. The number of ether oxygens (including phenoxy) is 2. The first-order chi connectivity index (χ1) is 11.0. The molecule has 0 saturated heterocycles. The highest BCUT2D eigenvalue weighted by Gasteiger charge is 2.42. The van der Waals surface area contributed by atoms with Crippen LogP contribution in [0.1, 0.15) is 32.3 Å². The lowest BCUT2D eigenvalue weighted by Crippen LogP contribution is -2.36. The molecule has 0 fully saturated rings. The van der Waals surface area contributed by atoms with E-state index in [1.54, 1.807) is 20.8 Å². The van der Waals surface area contributed by atoms with Gasteiger partial charge in [-0.3, -0.25) is 9.79 Å². The number of rotatable bonds is 4. The molecule has 0 radical (unpaired) electrons. The maximum atomic E-state index is 12.5. The first-order valence-corrected chi connectivity index (χ1v) is 7.57. The van der Waals surface area contributed by atoms with E-state index >= 15 is 0 Å². The Bertz CT molecular complexity index is 661. The van der Waals surface area contributed by atoms with E-state index in [0.29, 0.717) is 17.0 Å². The average Bonchev–Trinajstić information content (AvgIpc) is 2.54. The molecule has 1 aliphatic heterocycles. The fourth-order valence-electron chi connectivity index (χ4n) is 2.97. The van der Waals surface area contributed by atoms with E-state index in [1.807, 2.05) is 30.3 Å². The van der Waals surface area contributed by atoms with E-state index in [2.05, 4.69) is 4.99 Å². The Morgan fingerprint density at radius 3 is 2.39 bits per heavy atom. The van der Waals surface area contributed by atoms with Gasteiger partial charge in [-0.25, -0.2) is 4.79 Å². The average molecular weight is 315 g/mol. The molecule has 0 N–H and O–H groups in total. The number of hydrogen-bond acceptors (Lipinski definition) is 5. The molecular formula is C18H21NO4. The van der Waals surface area contributed by atoms with Crippen molar-refractivity contribution >= 4 is 17.7 Å². The zero-order valence-corrected chi connectivity index (χ0v) is 13.8. The number of nitrogens with zero attached hydrogens (tertiary/aromatic N) is 1. The number of aliphatic imine (C=N–C) groups is 1. The summed E-state index contributed by atoms with van der Waals surface area (Å²) in [5.74, 6) is -1.94. The van der Waals surface area contributed by atoms with Crippen LogP contribution in [0.15, 0.2) is 46.6 Å². The van der Waals surface area contributed by atoms with Crippen LogP contribution in [-0.2, 0) is 19.1 Å². The third-order valence-electron chi connectivity index (χ3n) is 3.93. The van der Waals surface area contributed by atoms with Gasteiger partial charge < -0.3 is 9.47 Å². The van der Waals surface area contributed by atoms with Crippen molar-refractivity contribution in [3.8, 4) is 0 Å². The number of methoxy groups -OCH3 is 1. The standard InChI is InChI=1S/C18H21NO4/c1-5-23-18(21)15-12(3)19-11(2)14(17(20)22-4)16(15)13-9-7-6-8-10-13/h6-10,15-16H,5H2,1-4H3/t15?,16-/m1/s1. The highest BCUT2D eigenvalue weighted by molar-refractivity contribution is 6.06. The van der Waals surface area contributed by atoms with Crippen molar-refractivity contribution in [2.45, 2.75) is 26.7 Å². The minimum Gasteiger partial charge on any atom is -0.466 e. The molecular weight excluding hydrogens is 294 g/mol. The molecule has 1 aromatic rings. The van der Waals surface area contributed by atoms with Crippen molar-refractivity contribution in [2.75, 3.05) is 13.7 Å². The van der Waals surface area contributed by atoms with E-state index in [-0.39, 0.29) is 12.6 Å². The lowest BCUT2D eigenvalue weighted by atomic mass is 9.75. The summed E-state index contributed by atoms with van der Waals surface area (Å²) in [6.07, 6.45) is 0. The normalized spacial score (nSPS) is 20.8. The van der Waals surface area contributed by atoms with Crippen molar-refractivity contribution in [1.29, 1.82) is 0 Å². The van der Waals surface area contributed by atoms with Crippen LogP contribution >= 0.6 is 0 Å². The maximum Gasteiger partial charge on any atom is 0.336 e. The third kappa shape index (κ3) is 3.33. The second-order valence-corrected chi connectivity index (χ2v) is 5.36. The number of benzene rings is 1. The molecule has 0 saturated carbocycles. The Hall–Kier alpha value is -2.43. The molecule has 1 aromatic carbocycles. The van der Waals surface area contributed by atoms with Gasteiger partial charge in [-0.15, -0.1) is 0 Å². The van der Waals surface area contributed by atoms with Crippen LogP contribution in [0.3, 0.4) is 0 Å². The molecule has 0 aromatic heterocycles. The maximum absolute atomic E-state index is 12.5. The summed E-state index contributed by atoms with van der Waals surface area (Å²) in [4.78, 5) is 29.2. The minimum absolute atomic E-state index is 0.278. The Kier molecular flexibility index (Phi) is 5.32. The molecule has 5 heteroatoms. The van der Waals surface area contributed by atoms with Crippen LogP contribution in [0, 0.1) is 5.92 Å². The Morgan fingerprint density at radius 1 is 1.17 bits per heavy atom. The Labute approximate surface area is 136 Å². The lowest BCUT2D eigenvalue weighted by Gasteiger charge is -2.31. The third-order valence-corrected chi connectivity index (χ3v) is 3.93. The zero-order valence-electron chi connectivity index (χ0n) is 13.8. The summed E-state index contributed by atoms with van der Waals surface area (Å²) in [6.45, 7) is 5.58. The van der Waals surface area contributed by atoms with Gasteiger partial charge in [0.15, 0.2) is 0 Å². The molecule has 1 aliphatic rings. The van der Waals surface area contributed by atoms with Gasteiger partial charge in [0.05, 0.1) is 19.3 Å². The monoisotopic (exact) mass is 315 g/mol. The number of carbonyl (C=O) groups excluding carboxylic acids is 2. The van der Waals surface area contributed by atoms with Crippen molar-refractivity contribution < 1.29 is 19.1 Å². The van der Waals surface area contributed by atoms with E-state index in [0.717, 1.165) is 5.56 Å². The lowest BCUT2D eigenvalue weighted by molar-refractivity contribution is -0.146.